The van der Waals surface area contributed by atoms with E-state index in [9.17, 15) is 14.4 Å². The fraction of sp³-hybridized carbons (Fsp3) is 0.607. The quantitative estimate of drug-likeness (QED) is 0.468. The minimum Gasteiger partial charge on any atom is -0.392 e. The van der Waals surface area contributed by atoms with Crippen LogP contribution >= 0.6 is 0 Å². The summed E-state index contributed by atoms with van der Waals surface area (Å²) in [5.74, 6) is -1.67. The van der Waals surface area contributed by atoms with Gasteiger partial charge in [0, 0.05) is 49.0 Å². The molecule has 0 bridgehead atoms. The zero-order valence-electron chi connectivity index (χ0n) is 21.0. The van der Waals surface area contributed by atoms with Crippen LogP contribution in [0.2, 0.25) is 0 Å². The molecule has 1 saturated heterocycles. The molecule has 3 aliphatic rings. The van der Waals surface area contributed by atoms with E-state index in [1.165, 1.54) is 5.39 Å². The minimum absolute atomic E-state index is 0.213. The molecule has 0 spiro atoms. The van der Waals surface area contributed by atoms with Crippen molar-refractivity contribution in [1.29, 1.82) is 0 Å². The van der Waals surface area contributed by atoms with Crippen molar-refractivity contribution in [3.05, 3.63) is 30.5 Å². The molecule has 5 rings (SSSR count). The van der Waals surface area contributed by atoms with Crippen LogP contribution in [-0.4, -0.2) is 60.0 Å². The van der Waals surface area contributed by atoms with Gasteiger partial charge in [0.25, 0.3) is 0 Å². The molecule has 2 aromatic rings. The van der Waals surface area contributed by atoms with Crippen LogP contribution in [0.5, 0.6) is 0 Å². The van der Waals surface area contributed by atoms with E-state index < -0.39 is 29.3 Å². The highest BCUT2D eigenvalue weighted by atomic mass is 16.6. The molecule has 8 nitrogen and oxygen atoms in total. The summed E-state index contributed by atoms with van der Waals surface area (Å²) in [6, 6.07) is 7.54. The van der Waals surface area contributed by atoms with Gasteiger partial charge >= 0.3 is 11.9 Å². The van der Waals surface area contributed by atoms with Crippen LogP contribution in [-0.2, 0) is 19.1 Å². The third-order valence-electron chi connectivity index (χ3n) is 8.67. The van der Waals surface area contributed by atoms with E-state index in [1.807, 2.05) is 12.3 Å². The number of primary amides is 1. The van der Waals surface area contributed by atoms with Gasteiger partial charge in [-0.05, 0) is 43.9 Å². The average molecular weight is 495 g/mol. The first-order chi connectivity index (χ1) is 17.5. The number of ether oxygens (including phenoxy) is 1. The Hall–Kier alpha value is -2.87. The predicted molar refractivity (Wildman–Crippen MR) is 138 cm³/mol. The van der Waals surface area contributed by atoms with Crippen molar-refractivity contribution in [2.75, 3.05) is 31.1 Å². The zero-order chi connectivity index (χ0) is 25.1. The highest BCUT2D eigenvalue weighted by Crippen LogP contribution is 2.43. The van der Waals surface area contributed by atoms with E-state index in [2.05, 4.69) is 33.0 Å². The number of benzene rings is 1. The zero-order valence-corrected chi connectivity index (χ0v) is 21.0. The average Bonchev–Trinajstić information content (AvgIpc) is 3.39. The molecule has 8 heteroatoms. The number of nitrogens with one attached hydrogen (secondary N) is 1. The first kappa shape index (κ1) is 24.8. The molecule has 1 aromatic heterocycles. The second kappa shape index (κ2) is 10.6. The predicted octanol–water partition coefficient (Wildman–Crippen LogP) is 3.74. The number of esters is 2. The lowest BCUT2D eigenvalue weighted by Gasteiger charge is -2.47. The Bertz CT molecular complexity index is 1090. The molecule has 1 amide bonds. The summed E-state index contributed by atoms with van der Waals surface area (Å²) in [7, 11) is 0. The largest absolute Gasteiger partial charge is 0.392 e. The highest BCUT2D eigenvalue weighted by Gasteiger charge is 2.53. The maximum atomic E-state index is 13.7. The van der Waals surface area contributed by atoms with Gasteiger partial charge in [0.2, 0.25) is 5.91 Å². The first-order valence-corrected chi connectivity index (χ1v) is 13.6. The van der Waals surface area contributed by atoms with Crippen LogP contribution in [0.15, 0.2) is 30.5 Å². The van der Waals surface area contributed by atoms with E-state index in [0.717, 1.165) is 75.7 Å². The molecular formula is C28H38N4O4. The second-order valence-electron chi connectivity index (χ2n) is 10.8. The van der Waals surface area contributed by atoms with Gasteiger partial charge in [-0.3, -0.25) is 19.3 Å². The Labute approximate surface area is 212 Å². The van der Waals surface area contributed by atoms with Gasteiger partial charge in [0.15, 0.2) is 0 Å². The van der Waals surface area contributed by atoms with E-state index in [-0.39, 0.29) is 5.92 Å². The van der Waals surface area contributed by atoms with Gasteiger partial charge in [0.1, 0.15) is 6.04 Å². The third-order valence-corrected chi connectivity index (χ3v) is 8.67. The van der Waals surface area contributed by atoms with Crippen LogP contribution in [0.3, 0.4) is 0 Å². The Morgan fingerprint density at radius 1 is 0.944 bits per heavy atom. The number of fused-ring (bicyclic) bond motifs is 1. The number of hydrogen-bond donors (Lipinski definition) is 2. The molecule has 1 aliphatic heterocycles. The smallest absolute Gasteiger partial charge is 0.321 e. The summed E-state index contributed by atoms with van der Waals surface area (Å²) < 4.78 is 5.56. The fourth-order valence-electron chi connectivity index (χ4n) is 6.75. The van der Waals surface area contributed by atoms with Gasteiger partial charge in [-0.1, -0.05) is 44.6 Å². The Morgan fingerprint density at radius 2 is 1.64 bits per heavy atom. The number of anilines is 1. The SMILES string of the molecule is NC(=O)C(N1CCN(c2cccc3[nH]ccc23)CC1)C1(C(=O)OC(=O)C2CCCCC2)CCCCC1. The molecule has 0 radical (unpaired) electrons. The second-order valence-corrected chi connectivity index (χ2v) is 10.8. The topological polar surface area (TPSA) is 109 Å². The van der Waals surface area contributed by atoms with Crippen molar-refractivity contribution < 1.29 is 19.1 Å². The normalized spacial score (nSPS) is 22.3. The molecule has 1 atom stereocenters. The van der Waals surface area contributed by atoms with Crippen LogP contribution < -0.4 is 10.6 Å². The number of aromatic amines is 1. The van der Waals surface area contributed by atoms with E-state index in [0.29, 0.717) is 25.9 Å². The fourth-order valence-corrected chi connectivity index (χ4v) is 6.75. The van der Waals surface area contributed by atoms with Crippen LogP contribution in [0.25, 0.3) is 10.9 Å². The van der Waals surface area contributed by atoms with Crippen molar-refractivity contribution in [3.63, 3.8) is 0 Å². The van der Waals surface area contributed by atoms with E-state index in [1.54, 1.807) is 0 Å². The van der Waals surface area contributed by atoms with Crippen LogP contribution in [0.1, 0.15) is 64.2 Å². The molecule has 2 saturated carbocycles. The molecule has 2 heterocycles. The van der Waals surface area contributed by atoms with Gasteiger partial charge in [-0.2, -0.15) is 0 Å². The molecule has 3 N–H and O–H groups in total. The van der Waals surface area contributed by atoms with Crippen LogP contribution in [0.4, 0.5) is 5.69 Å². The van der Waals surface area contributed by atoms with Crippen LogP contribution in [0, 0.1) is 11.3 Å². The Balaban J connectivity index is 1.34. The minimum atomic E-state index is -1.06. The number of nitrogens with two attached hydrogens (primary N) is 1. The van der Waals surface area contributed by atoms with Crippen molar-refractivity contribution in [2.45, 2.75) is 70.3 Å². The molecule has 1 aromatic carbocycles. The van der Waals surface area contributed by atoms with E-state index >= 15 is 0 Å². The maximum Gasteiger partial charge on any atom is 0.321 e. The summed E-state index contributed by atoms with van der Waals surface area (Å²) in [4.78, 5) is 47.1. The standard InChI is InChI=1S/C28H38N4O4/c29-25(33)24(32-18-16-31(17-19-32)23-11-7-10-22-21(23)12-15-30-22)28(13-5-2-6-14-28)27(35)36-26(34)20-8-3-1-4-9-20/h7,10-12,15,20,24,30H,1-6,8-9,13-14,16-19H2,(H2,29,33). The summed E-state index contributed by atoms with van der Waals surface area (Å²) in [6.45, 7) is 2.67. The lowest BCUT2D eigenvalue weighted by Crippen LogP contribution is -2.63. The molecule has 36 heavy (non-hydrogen) atoms. The molecular weight excluding hydrogens is 456 g/mol. The highest BCUT2D eigenvalue weighted by molar-refractivity contribution is 5.95. The Morgan fingerprint density at radius 3 is 2.33 bits per heavy atom. The molecule has 194 valence electrons. The van der Waals surface area contributed by atoms with Crippen molar-refractivity contribution in [3.8, 4) is 0 Å². The van der Waals surface area contributed by atoms with Gasteiger partial charge < -0.3 is 20.4 Å². The summed E-state index contributed by atoms with van der Waals surface area (Å²) in [6.07, 6.45) is 10.3. The number of piperazine rings is 1. The number of amides is 1. The number of nitrogens with zero attached hydrogens (tertiary/aromatic N) is 2. The van der Waals surface area contributed by atoms with Gasteiger partial charge in [0.05, 0.1) is 11.3 Å². The first-order valence-electron chi connectivity index (χ1n) is 13.6. The Kier molecular flexibility index (Phi) is 7.32. The maximum absolute atomic E-state index is 13.7. The third kappa shape index (κ3) is 4.75. The number of hydrogen-bond acceptors (Lipinski definition) is 6. The van der Waals surface area contributed by atoms with Gasteiger partial charge in [-0.25, -0.2) is 0 Å². The number of H-pyrrole nitrogens is 1. The number of carbonyl (C=O) groups is 3. The number of aromatic nitrogens is 1. The lowest BCUT2D eigenvalue weighted by atomic mass is 9.68. The molecule has 2 aliphatic carbocycles. The van der Waals surface area contributed by atoms with Crippen molar-refractivity contribution in [2.24, 2.45) is 17.1 Å². The summed E-state index contributed by atoms with van der Waals surface area (Å²) in [5.41, 5.74) is 7.21. The van der Waals surface area contributed by atoms with Crippen molar-refractivity contribution in [1.82, 2.24) is 9.88 Å². The summed E-state index contributed by atoms with van der Waals surface area (Å²) >= 11 is 0. The monoisotopic (exact) mass is 494 g/mol. The lowest BCUT2D eigenvalue weighted by molar-refractivity contribution is -0.177. The molecule has 1 unspecified atom stereocenters. The van der Waals surface area contributed by atoms with Crippen molar-refractivity contribution >= 4 is 34.4 Å². The number of carbonyl (C=O) groups excluding carboxylic acids is 3. The van der Waals surface area contributed by atoms with E-state index in [4.69, 9.17) is 10.5 Å². The molecule has 3 fully saturated rings. The summed E-state index contributed by atoms with van der Waals surface area (Å²) in [5, 5.41) is 1.17. The number of rotatable bonds is 6. The van der Waals surface area contributed by atoms with Gasteiger partial charge in [-0.15, -0.1) is 0 Å².